The molecule has 0 bridgehead atoms. The Balaban J connectivity index is 1.94. The van der Waals surface area contributed by atoms with Crippen LogP contribution in [0.5, 0.6) is 0 Å². The van der Waals surface area contributed by atoms with Crippen molar-refractivity contribution >= 4 is 17.5 Å². The summed E-state index contributed by atoms with van der Waals surface area (Å²) in [5, 5.41) is 2.93. The average molecular weight is 297 g/mol. The summed E-state index contributed by atoms with van der Waals surface area (Å²) >= 11 is 5.99. The van der Waals surface area contributed by atoms with E-state index in [-0.39, 0.29) is 11.5 Å². The van der Waals surface area contributed by atoms with Crippen molar-refractivity contribution in [1.29, 1.82) is 0 Å². The minimum Gasteiger partial charge on any atom is -0.352 e. The number of halogens is 1. The Morgan fingerprint density at radius 1 is 1.40 bits per heavy atom. The van der Waals surface area contributed by atoms with Crippen molar-refractivity contribution in [3.63, 3.8) is 0 Å². The number of carbonyl (C=O) groups is 1. The van der Waals surface area contributed by atoms with Gasteiger partial charge in [0.2, 0.25) is 0 Å². The zero-order valence-corrected chi connectivity index (χ0v) is 12.5. The highest BCUT2D eigenvalue weighted by atomic mass is 35.5. The molecule has 1 aromatic heterocycles. The van der Waals surface area contributed by atoms with E-state index in [1.807, 2.05) is 0 Å². The van der Waals surface area contributed by atoms with Crippen LogP contribution in [0.4, 0.5) is 0 Å². The molecule has 1 N–H and O–H groups in total. The van der Waals surface area contributed by atoms with Crippen LogP contribution in [0.15, 0.2) is 23.1 Å². The minimum atomic E-state index is -0.179. The van der Waals surface area contributed by atoms with Gasteiger partial charge in [-0.25, -0.2) is 0 Å². The van der Waals surface area contributed by atoms with Crippen molar-refractivity contribution < 1.29 is 4.79 Å². The molecule has 1 aromatic rings. The smallest absolute Gasteiger partial charge is 0.251 e. The molecule has 20 heavy (non-hydrogen) atoms. The van der Waals surface area contributed by atoms with Crippen LogP contribution in [-0.2, 0) is 7.05 Å². The number of nitrogens with one attached hydrogen (secondary N) is 1. The molecule has 110 valence electrons. The average Bonchev–Trinajstić information content (AvgIpc) is 2.47. The molecule has 1 saturated carbocycles. The van der Waals surface area contributed by atoms with Crippen LogP contribution in [0.1, 0.15) is 36.0 Å². The summed E-state index contributed by atoms with van der Waals surface area (Å²) in [5.74, 6) is 1.43. The summed E-state index contributed by atoms with van der Waals surface area (Å²) in [6.45, 7) is 0.644. The van der Waals surface area contributed by atoms with E-state index >= 15 is 0 Å². The Hall–Kier alpha value is -1.29. The van der Waals surface area contributed by atoms with Crippen molar-refractivity contribution in [2.45, 2.75) is 25.7 Å². The fraction of sp³-hybridized carbons (Fsp3) is 0.600. The molecule has 2 rings (SSSR count). The van der Waals surface area contributed by atoms with Gasteiger partial charge in [0, 0.05) is 37.3 Å². The number of carbonyl (C=O) groups excluding carboxylic acids is 1. The molecule has 0 aliphatic heterocycles. The summed E-state index contributed by atoms with van der Waals surface area (Å²) in [4.78, 5) is 23.6. The van der Waals surface area contributed by atoms with Crippen LogP contribution < -0.4 is 10.9 Å². The molecule has 1 aliphatic rings. The lowest BCUT2D eigenvalue weighted by molar-refractivity contribution is 0.0936. The maximum Gasteiger partial charge on any atom is 0.251 e. The van der Waals surface area contributed by atoms with E-state index < -0.39 is 0 Å². The van der Waals surface area contributed by atoms with Gasteiger partial charge < -0.3 is 9.88 Å². The number of amides is 1. The van der Waals surface area contributed by atoms with E-state index in [0.29, 0.717) is 29.8 Å². The summed E-state index contributed by atoms with van der Waals surface area (Å²) in [6.07, 6.45) is 6.32. The third-order valence-electron chi connectivity index (χ3n) is 4.16. The molecule has 1 fully saturated rings. The number of pyridine rings is 1. The minimum absolute atomic E-state index is 0.172. The fourth-order valence-corrected chi connectivity index (χ4v) is 3.18. The van der Waals surface area contributed by atoms with Crippen molar-refractivity contribution in [2.75, 3.05) is 12.4 Å². The van der Waals surface area contributed by atoms with Crippen LogP contribution in [0, 0.1) is 11.8 Å². The molecule has 0 radical (unpaired) electrons. The van der Waals surface area contributed by atoms with Crippen molar-refractivity contribution in [3.05, 3.63) is 34.2 Å². The number of aromatic nitrogens is 1. The van der Waals surface area contributed by atoms with Gasteiger partial charge in [-0.3, -0.25) is 9.59 Å². The van der Waals surface area contributed by atoms with E-state index in [1.165, 1.54) is 23.5 Å². The molecule has 0 aromatic carbocycles. The van der Waals surface area contributed by atoms with Crippen molar-refractivity contribution in [3.8, 4) is 0 Å². The Bertz CT molecular complexity index is 527. The van der Waals surface area contributed by atoms with Gasteiger partial charge in [-0.1, -0.05) is 12.8 Å². The number of alkyl halides is 1. The largest absolute Gasteiger partial charge is 0.352 e. The van der Waals surface area contributed by atoms with Crippen LogP contribution in [-0.4, -0.2) is 22.9 Å². The molecule has 2 unspecified atom stereocenters. The molecule has 0 spiro atoms. The predicted molar refractivity (Wildman–Crippen MR) is 80.2 cm³/mol. The number of hydrogen-bond acceptors (Lipinski definition) is 2. The zero-order chi connectivity index (χ0) is 14.5. The highest BCUT2D eigenvalue weighted by molar-refractivity contribution is 6.18. The first-order valence-corrected chi connectivity index (χ1v) is 7.66. The van der Waals surface area contributed by atoms with Gasteiger partial charge in [0.1, 0.15) is 0 Å². The van der Waals surface area contributed by atoms with Gasteiger partial charge in [-0.2, -0.15) is 0 Å². The second kappa shape index (κ2) is 6.93. The fourth-order valence-electron chi connectivity index (χ4n) is 2.77. The summed E-state index contributed by atoms with van der Waals surface area (Å²) in [5.41, 5.74) is 0.250. The molecule has 5 heteroatoms. The van der Waals surface area contributed by atoms with Crippen LogP contribution in [0.2, 0.25) is 0 Å². The normalized spacial score (nSPS) is 22.5. The lowest BCUT2D eigenvalue weighted by atomic mass is 9.80. The first-order valence-electron chi connectivity index (χ1n) is 7.12. The second-order valence-electron chi connectivity index (χ2n) is 5.53. The van der Waals surface area contributed by atoms with Crippen LogP contribution in [0.3, 0.4) is 0 Å². The zero-order valence-electron chi connectivity index (χ0n) is 11.8. The standard InChI is InChI=1S/C15H21ClN2O2/c1-18-7-6-11(8-14(18)19)15(20)17-10-13-5-3-2-4-12(13)9-16/h6-8,12-13H,2-5,9-10H2,1H3,(H,17,20). The number of hydrogen-bond donors (Lipinski definition) is 1. The molecule has 2 atom stereocenters. The van der Waals surface area contributed by atoms with Crippen LogP contribution >= 0.6 is 11.6 Å². The molecule has 1 amide bonds. The number of nitrogens with zero attached hydrogens (tertiary/aromatic N) is 1. The Labute approximate surface area is 124 Å². The van der Waals surface area contributed by atoms with Crippen LogP contribution in [0.25, 0.3) is 0 Å². The third-order valence-corrected chi connectivity index (χ3v) is 4.55. The van der Waals surface area contributed by atoms with Gasteiger partial charge >= 0.3 is 0 Å². The lowest BCUT2D eigenvalue weighted by Gasteiger charge is -2.30. The van der Waals surface area contributed by atoms with Crippen molar-refractivity contribution in [1.82, 2.24) is 9.88 Å². The van der Waals surface area contributed by atoms with E-state index in [9.17, 15) is 9.59 Å². The van der Waals surface area contributed by atoms with E-state index in [4.69, 9.17) is 11.6 Å². The monoisotopic (exact) mass is 296 g/mol. The van der Waals surface area contributed by atoms with Gasteiger partial charge in [-0.05, 0) is 30.7 Å². The topological polar surface area (TPSA) is 51.1 Å². The Kier molecular flexibility index (Phi) is 5.24. The van der Waals surface area contributed by atoms with Gasteiger partial charge in [0.15, 0.2) is 0 Å². The molecular weight excluding hydrogens is 276 g/mol. The van der Waals surface area contributed by atoms with Gasteiger partial charge in [0.05, 0.1) is 0 Å². The third kappa shape index (κ3) is 3.63. The number of rotatable bonds is 4. The highest BCUT2D eigenvalue weighted by Gasteiger charge is 2.24. The molecule has 0 saturated heterocycles. The van der Waals surface area contributed by atoms with E-state index in [2.05, 4.69) is 5.32 Å². The molecular formula is C15H21ClN2O2. The van der Waals surface area contributed by atoms with Gasteiger partial charge in [-0.15, -0.1) is 11.6 Å². The SMILES string of the molecule is Cn1ccc(C(=O)NCC2CCCCC2CCl)cc1=O. The van der Waals surface area contributed by atoms with E-state index in [0.717, 1.165) is 12.8 Å². The summed E-state index contributed by atoms with van der Waals surface area (Å²) in [6, 6.07) is 3.03. The summed E-state index contributed by atoms with van der Waals surface area (Å²) < 4.78 is 1.45. The van der Waals surface area contributed by atoms with Gasteiger partial charge in [0.25, 0.3) is 11.5 Å². The first kappa shape index (κ1) is 15.1. The Morgan fingerprint density at radius 2 is 2.10 bits per heavy atom. The predicted octanol–water partition coefficient (Wildman–Crippen LogP) is 2.16. The summed E-state index contributed by atoms with van der Waals surface area (Å²) in [7, 11) is 1.66. The first-order chi connectivity index (χ1) is 9.61. The highest BCUT2D eigenvalue weighted by Crippen LogP contribution is 2.30. The lowest BCUT2D eigenvalue weighted by Crippen LogP contribution is -2.35. The Morgan fingerprint density at radius 3 is 2.75 bits per heavy atom. The maximum absolute atomic E-state index is 12.1. The maximum atomic E-state index is 12.1. The molecule has 4 nitrogen and oxygen atoms in total. The second-order valence-corrected chi connectivity index (χ2v) is 5.84. The quantitative estimate of drug-likeness (QED) is 0.866. The molecule has 1 aliphatic carbocycles. The van der Waals surface area contributed by atoms with Crippen molar-refractivity contribution in [2.24, 2.45) is 18.9 Å². The molecule has 1 heterocycles. The number of aryl methyl sites for hydroxylation is 1. The van der Waals surface area contributed by atoms with E-state index in [1.54, 1.807) is 19.3 Å².